The van der Waals surface area contributed by atoms with Gasteiger partial charge in [0.2, 0.25) is 0 Å². The molecule has 3 rings (SSSR count). The molecule has 1 heterocycles. The molecule has 7 heteroatoms. The van der Waals surface area contributed by atoms with Gasteiger partial charge in [0.1, 0.15) is 11.3 Å². The summed E-state index contributed by atoms with van der Waals surface area (Å²) in [6.07, 6.45) is 0. The van der Waals surface area contributed by atoms with Crippen LogP contribution in [0.5, 0.6) is 5.75 Å². The number of hydrogen-bond donors (Lipinski definition) is 2. The van der Waals surface area contributed by atoms with Crippen LogP contribution in [0.2, 0.25) is 10.0 Å². The molecule has 2 aromatic carbocycles. The van der Waals surface area contributed by atoms with Crippen LogP contribution in [0.1, 0.15) is 10.4 Å². The van der Waals surface area contributed by atoms with Crippen molar-refractivity contribution in [3.63, 3.8) is 0 Å². The van der Waals surface area contributed by atoms with Crippen molar-refractivity contribution in [2.45, 2.75) is 0 Å². The number of amides is 1. The van der Waals surface area contributed by atoms with Crippen LogP contribution in [0.4, 0.5) is 5.69 Å². The third-order valence-electron chi connectivity index (χ3n) is 3.19. The number of para-hydroxylation sites is 1. The number of hydrogen-bond acceptors (Lipinski definition) is 4. The van der Waals surface area contributed by atoms with Crippen molar-refractivity contribution in [3.05, 3.63) is 68.5 Å². The lowest BCUT2D eigenvalue weighted by Gasteiger charge is -2.08. The molecule has 3 aromatic rings. The molecule has 0 saturated heterocycles. The summed E-state index contributed by atoms with van der Waals surface area (Å²) in [6.45, 7) is 0. The van der Waals surface area contributed by atoms with E-state index in [1.165, 1.54) is 18.2 Å². The Hall–Kier alpha value is -2.50. The third kappa shape index (κ3) is 2.88. The van der Waals surface area contributed by atoms with E-state index in [-0.39, 0.29) is 11.0 Å². The first-order valence-electron chi connectivity index (χ1n) is 6.48. The van der Waals surface area contributed by atoms with Crippen molar-refractivity contribution in [2.24, 2.45) is 0 Å². The third-order valence-corrected chi connectivity index (χ3v) is 3.76. The SMILES string of the molecule is O=C(Nc1ccccc1Cl)c1c(O)c2ccc(Cl)cc2oc1=O. The van der Waals surface area contributed by atoms with E-state index in [0.29, 0.717) is 15.7 Å². The van der Waals surface area contributed by atoms with E-state index in [4.69, 9.17) is 27.6 Å². The van der Waals surface area contributed by atoms with E-state index in [9.17, 15) is 14.7 Å². The Morgan fingerprint density at radius 1 is 1.13 bits per heavy atom. The number of nitrogens with one attached hydrogen (secondary N) is 1. The summed E-state index contributed by atoms with van der Waals surface area (Å²) in [5.41, 5.74) is -1.06. The van der Waals surface area contributed by atoms with E-state index in [1.54, 1.807) is 24.3 Å². The minimum Gasteiger partial charge on any atom is -0.506 e. The minimum absolute atomic E-state index is 0.0919. The first kappa shape index (κ1) is 15.4. The lowest BCUT2D eigenvalue weighted by molar-refractivity contribution is 0.102. The van der Waals surface area contributed by atoms with Gasteiger partial charge in [0, 0.05) is 11.1 Å². The van der Waals surface area contributed by atoms with Gasteiger partial charge in [-0.15, -0.1) is 0 Å². The number of carbonyl (C=O) groups is 1. The van der Waals surface area contributed by atoms with Gasteiger partial charge in [-0.3, -0.25) is 4.79 Å². The normalized spacial score (nSPS) is 10.7. The van der Waals surface area contributed by atoms with E-state index in [0.717, 1.165) is 0 Å². The highest BCUT2D eigenvalue weighted by atomic mass is 35.5. The van der Waals surface area contributed by atoms with Crippen LogP contribution >= 0.6 is 23.2 Å². The Bertz CT molecular complexity index is 981. The van der Waals surface area contributed by atoms with Crippen molar-refractivity contribution < 1.29 is 14.3 Å². The molecule has 1 amide bonds. The van der Waals surface area contributed by atoms with Crippen LogP contribution in [0.3, 0.4) is 0 Å². The minimum atomic E-state index is -0.971. The summed E-state index contributed by atoms with van der Waals surface area (Å²) in [7, 11) is 0. The largest absolute Gasteiger partial charge is 0.506 e. The highest BCUT2D eigenvalue weighted by molar-refractivity contribution is 6.34. The van der Waals surface area contributed by atoms with Crippen molar-refractivity contribution >= 4 is 45.8 Å². The predicted molar refractivity (Wildman–Crippen MR) is 88.6 cm³/mol. The topological polar surface area (TPSA) is 79.5 Å². The lowest BCUT2D eigenvalue weighted by atomic mass is 10.1. The summed E-state index contributed by atoms with van der Waals surface area (Å²) in [4.78, 5) is 24.3. The second-order valence-electron chi connectivity index (χ2n) is 4.69. The van der Waals surface area contributed by atoms with Gasteiger partial charge in [-0.2, -0.15) is 0 Å². The molecule has 116 valence electrons. The smallest absolute Gasteiger partial charge is 0.353 e. The molecule has 0 aliphatic carbocycles. The molecule has 0 atom stereocenters. The maximum Gasteiger partial charge on any atom is 0.353 e. The van der Waals surface area contributed by atoms with Crippen LogP contribution < -0.4 is 10.9 Å². The molecule has 0 aliphatic heterocycles. The van der Waals surface area contributed by atoms with Gasteiger partial charge in [0.05, 0.1) is 16.1 Å². The quantitative estimate of drug-likeness (QED) is 0.683. The van der Waals surface area contributed by atoms with Gasteiger partial charge in [0.15, 0.2) is 5.56 Å². The van der Waals surface area contributed by atoms with Crippen LogP contribution in [0.15, 0.2) is 51.7 Å². The van der Waals surface area contributed by atoms with Crippen LogP contribution in [-0.4, -0.2) is 11.0 Å². The first-order valence-corrected chi connectivity index (χ1v) is 7.24. The van der Waals surface area contributed by atoms with E-state index in [2.05, 4.69) is 5.32 Å². The van der Waals surface area contributed by atoms with E-state index >= 15 is 0 Å². The fourth-order valence-electron chi connectivity index (χ4n) is 2.11. The molecule has 0 unspecified atom stereocenters. The standard InChI is InChI=1S/C16H9Cl2NO4/c17-8-5-6-9-12(7-8)23-16(22)13(14(9)20)15(21)19-11-4-2-1-3-10(11)18/h1-7,20H,(H,19,21). The first-order chi connectivity index (χ1) is 11.0. The molecular formula is C16H9Cl2NO4. The maximum atomic E-state index is 12.3. The number of anilines is 1. The summed E-state index contributed by atoms with van der Waals surface area (Å²) in [5, 5.41) is 13.6. The number of rotatable bonds is 2. The summed E-state index contributed by atoms with van der Waals surface area (Å²) in [6, 6.07) is 10.9. The van der Waals surface area contributed by atoms with Gasteiger partial charge < -0.3 is 14.8 Å². The highest BCUT2D eigenvalue weighted by Crippen LogP contribution is 2.29. The van der Waals surface area contributed by atoms with Crippen molar-refractivity contribution in [1.82, 2.24) is 0 Å². The fourth-order valence-corrected chi connectivity index (χ4v) is 2.45. The Morgan fingerprint density at radius 3 is 2.61 bits per heavy atom. The number of carbonyl (C=O) groups excluding carboxylic acids is 1. The Labute approximate surface area is 140 Å². The van der Waals surface area contributed by atoms with Crippen LogP contribution in [-0.2, 0) is 0 Å². The second-order valence-corrected chi connectivity index (χ2v) is 5.53. The van der Waals surface area contributed by atoms with Gasteiger partial charge >= 0.3 is 5.63 Å². The molecule has 0 saturated carbocycles. The summed E-state index contributed by atoms with van der Waals surface area (Å²) in [5.74, 6) is -1.29. The fraction of sp³-hybridized carbons (Fsp3) is 0. The molecular weight excluding hydrogens is 341 g/mol. The summed E-state index contributed by atoms with van der Waals surface area (Å²) >= 11 is 11.8. The average Bonchev–Trinajstić information content (AvgIpc) is 2.49. The Morgan fingerprint density at radius 2 is 1.87 bits per heavy atom. The predicted octanol–water partition coefficient (Wildman–Crippen LogP) is 4.06. The van der Waals surface area contributed by atoms with Crippen molar-refractivity contribution in [3.8, 4) is 5.75 Å². The number of aromatic hydroxyl groups is 1. The maximum absolute atomic E-state index is 12.3. The average molecular weight is 350 g/mol. The number of fused-ring (bicyclic) bond motifs is 1. The lowest BCUT2D eigenvalue weighted by Crippen LogP contribution is -2.21. The molecule has 0 bridgehead atoms. The molecule has 23 heavy (non-hydrogen) atoms. The number of benzene rings is 2. The molecule has 2 N–H and O–H groups in total. The van der Waals surface area contributed by atoms with Gasteiger partial charge in [-0.25, -0.2) is 4.79 Å². The Balaban J connectivity index is 2.09. The van der Waals surface area contributed by atoms with Crippen LogP contribution in [0.25, 0.3) is 11.0 Å². The molecule has 0 spiro atoms. The zero-order chi connectivity index (χ0) is 16.6. The zero-order valence-corrected chi connectivity index (χ0v) is 13.0. The van der Waals surface area contributed by atoms with E-state index in [1.807, 2.05) is 0 Å². The van der Waals surface area contributed by atoms with Crippen LogP contribution in [0, 0.1) is 0 Å². The van der Waals surface area contributed by atoms with Gasteiger partial charge in [-0.05, 0) is 24.3 Å². The highest BCUT2D eigenvalue weighted by Gasteiger charge is 2.21. The van der Waals surface area contributed by atoms with Crippen molar-refractivity contribution in [2.75, 3.05) is 5.32 Å². The van der Waals surface area contributed by atoms with Crippen molar-refractivity contribution in [1.29, 1.82) is 0 Å². The summed E-state index contributed by atoms with van der Waals surface area (Å²) < 4.78 is 5.05. The number of halogens is 2. The van der Waals surface area contributed by atoms with Gasteiger partial charge in [0.25, 0.3) is 5.91 Å². The molecule has 1 aromatic heterocycles. The Kier molecular flexibility index (Phi) is 3.98. The zero-order valence-electron chi connectivity index (χ0n) is 11.5. The second kappa shape index (κ2) is 5.95. The molecule has 5 nitrogen and oxygen atoms in total. The van der Waals surface area contributed by atoms with E-state index < -0.39 is 22.8 Å². The molecule has 0 aliphatic rings. The van der Waals surface area contributed by atoms with Gasteiger partial charge in [-0.1, -0.05) is 35.3 Å². The molecule has 0 fully saturated rings. The molecule has 0 radical (unpaired) electrons. The monoisotopic (exact) mass is 349 g/mol.